The van der Waals surface area contributed by atoms with Gasteiger partial charge in [0.15, 0.2) is 0 Å². The molecule has 0 aliphatic heterocycles. The van der Waals surface area contributed by atoms with E-state index in [2.05, 4.69) is 26.2 Å². The van der Waals surface area contributed by atoms with Crippen molar-refractivity contribution in [1.82, 2.24) is 10.3 Å². The zero-order valence-electron chi connectivity index (χ0n) is 10.8. The summed E-state index contributed by atoms with van der Waals surface area (Å²) < 4.78 is 6.71. The zero-order valence-corrected chi connectivity index (χ0v) is 13.1. The monoisotopic (exact) mass is 352 g/mol. The maximum absolute atomic E-state index is 5.93. The van der Waals surface area contributed by atoms with Gasteiger partial charge >= 0.3 is 0 Å². The summed E-state index contributed by atoms with van der Waals surface area (Å²) in [5, 5.41) is 4.14. The number of aromatic nitrogens is 1. The highest BCUT2D eigenvalue weighted by Crippen LogP contribution is 2.32. The van der Waals surface area contributed by atoms with Crippen molar-refractivity contribution in [3.8, 4) is 11.6 Å². The Morgan fingerprint density at radius 3 is 2.95 bits per heavy atom. The van der Waals surface area contributed by atoms with Crippen LogP contribution in [0.4, 0.5) is 0 Å². The fraction of sp³-hybridized carbons (Fsp3) is 0.267. The van der Waals surface area contributed by atoms with Crippen LogP contribution in [0.3, 0.4) is 0 Å². The zero-order chi connectivity index (χ0) is 13.9. The molecule has 3 rings (SSSR count). The molecule has 5 heteroatoms. The first-order valence-corrected chi connectivity index (χ1v) is 7.69. The average molecular weight is 354 g/mol. The molecule has 0 saturated heterocycles. The molecule has 1 aromatic carbocycles. The summed E-state index contributed by atoms with van der Waals surface area (Å²) in [5.74, 6) is 1.34. The smallest absolute Gasteiger partial charge is 0.223 e. The van der Waals surface area contributed by atoms with Gasteiger partial charge in [0, 0.05) is 29.4 Å². The van der Waals surface area contributed by atoms with Crippen LogP contribution in [0.15, 0.2) is 41.0 Å². The molecular formula is C15H14BrClN2O. The van der Waals surface area contributed by atoms with Crippen molar-refractivity contribution < 1.29 is 4.74 Å². The van der Waals surface area contributed by atoms with Gasteiger partial charge in [-0.1, -0.05) is 17.7 Å². The van der Waals surface area contributed by atoms with Crippen LogP contribution in [0.1, 0.15) is 18.4 Å². The van der Waals surface area contributed by atoms with Crippen LogP contribution in [0.2, 0.25) is 5.02 Å². The molecule has 0 atom stereocenters. The lowest BCUT2D eigenvalue weighted by atomic mass is 10.2. The van der Waals surface area contributed by atoms with Gasteiger partial charge < -0.3 is 10.1 Å². The number of pyridine rings is 1. The summed E-state index contributed by atoms with van der Waals surface area (Å²) in [6.07, 6.45) is 4.26. The standard InChI is InChI=1S/C15H14BrClN2O/c16-13-8-11(17)3-6-14(13)20-15-10(2-1-7-18-15)9-19-12-4-5-12/h1-3,6-8,12,19H,4-5,9H2. The third-order valence-electron chi connectivity index (χ3n) is 3.11. The molecule has 0 amide bonds. The van der Waals surface area contributed by atoms with E-state index in [0.29, 0.717) is 22.7 Å². The number of halogens is 2. The number of nitrogens with zero attached hydrogens (tertiary/aromatic N) is 1. The molecule has 0 radical (unpaired) electrons. The molecular weight excluding hydrogens is 340 g/mol. The Morgan fingerprint density at radius 1 is 1.35 bits per heavy atom. The molecule has 1 saturated carbocycles. The fourth-order valence-electron chi connectivity index (χ4n) is 1.85. The van der Waals surface area contributed by atoms with E-state index >= 15 is 0 Å². The van der Waals surface area contributed by atoms with Gasteiger partial charge in [0.2, 0.25) is 5.88 Å². The predicted octanol–water partition coefficient (Wildman–Crippen LogP) is 4.54. The second-order valence-corrected chi connectivity index (χ2v) is 6.09. The number of rotatable bonds is 5. The Kier molecular flexibility index (Phi) is 4.24. The van der Waals surface area contributed by atoms with Gasteiger partial charge in [-0.2, -0.15) is 0 Å². The lowest BCUT2D eigenvalue weighted by molar-refractivity contribution is 0.450. The van der Waals surface area contributed by atoms with Crippen molar-refractivity contribution in [3.63, 3.8) is 0 Å². The Labute approximate surface area is 131 Å². The first-order chi connectivity index (χ1) is 9.72. The van der Waals surface area contributed by atoms with Crippen LogP contribution in [0, 0.1) is 0 Å². The molecule has 0 bridgehead atoms. The first-order valence-electron chi connectivity index (χ1n) is 6.52. The highest BCUT2D eigenvalue weighted by atomic mass is 79.9. The second-order valence-electron chi connectivity index (χ2n) is 4.80. The number of benzene rings is 1. The van der Waals surface area contributed by atoms with Crippen LogP contribution >= 0.6 is 27.5 Å². The van der Waals surface area contributed by atoms with E-state index < -0.39 is 0 Å². The molecule has 2 aromatic rings. The molecule has 1 heterocycles. The normalized spacial score (nSPS) is 14.3. The van der Waals surface area contributed by atoms with Gasteiger partial charge in [0.25, 0.3) is 0 Å². The molecule has 104 valence electrons. The number of ether oxygens (including phenoxy) is 1. The molecule has 0 spiro atoms. The Bertz CT molecular complexity index is 617. The maximum atomic E-state index is 5.93. The third kappa shape index (κ3) is 3.51. The molecule has 1 fully saturated rings. The van der Waals surface area contributed by atoms with Crippen LogP contribution in [0.5, 0.6) is 11.6 Å². The lowest BCUT2D eigenvalue weighted by Crippen LogP contribution is -2.16. The molecule has 20 heavy (non-hydrogen) atoms. The quantitative estimate of drug-likeness (QED) is 0.857. The first kappa shape index (κ1) is 13.9. The van der Waals surface area contributed by atoms with E-state index in [1.165, 1.54) is 12.8 Å². The van der Waals surface area contributed by atoms with Gasteiger partial charge in [-0.3, -0.25) is 0 Å². The lowest BCUT2D eigenvalue weighted by Gasteiger charge is -2.11. The summed E-state index contributed by atoms with van der Waals surface area (Å²) in [7, 11) is 0. The van der Waals surface area contributed by atoms with Crippen LogP contribution in [-0.4, -0.2) is 11.0 Å². The van der Waals surface area contributed by atoms with Crippen LogP contribution in [0.25, 0.3) is 0 Å². The molecule has 1 N–H and O–H groups in total. The van der Waals surface area contributed by atoms with E-state index in [9.17, 15) is 0 Å². The number of hydrogen-bond acceptors (Lipinski definition) is 3. The van der Waals surface area contributed by atoms with E-state index in [0.717, 1.165) is 16.6 Å². The average Bonchev–Trinajstić information content (AvgIpc) is 3.25. The minimum Gasteiger partial charge on any atom is -0.438 e. The molecule has 1 aliphatic carbocycles. The van der Waals surface area contributed by atoms with Crippen molar-refractivity contribution >= 4 is 27.5 Å². The number of nitrogens with one attached hydrogen (secondary N) is 1. The van der Waals surface area contributed by atoms with E-state index in [4.69, 9.17) is 16.3 Å². The Hall–Kier alpha value is -1.10. The summed E-state index contributed by atoms with van der Waals surface area (Å²) in [5.41, 5.74) is 1.06. The topological polar surface area (TPSA) is 34.1 Å². The maximum Gasteiger partial charge on any atom is 0.223 e. The van der Waals surface area contributed by atoms with Crippen molar-refractivity contribution in [2.45, 2.75) is 25.4 Å². The third-order valence-corrected chi connectivity index (χ3v) is 3.96. The van der Waals surface area contributed by atoms with Crippen molar-refractivity contribution in [2.24, 2.45) is 0 Å². The van der Waals surface area contributed by atoms with Crippen LogP contribution in [-0.2, 0) is 6.54 Å². The largest absolute Gasteiger partial charge is 0.438 e. The molecule has 1 aliphatic rings. The van der Waals surface area contributed by atoms with Crippen molar-refractivity contribution in [3.05, 3.63) is 51.6 Å². The van der Waals surface area contributed by atoms with E-state index in [1.54, 1.807) is 12.3 Å². The molecule has 1 aromatic heterocycles. The van der Waals surface area contributed by atoms with Crippen LogP contribution < -0.4 is 10.1 Å². The van der Waals surface area contributed by atoms with Gasteiger partial charge in [-0.05, 0) is 53.0 Å². The summed E-state index contributed by atoms with van der Waals surface area (Å²) in [6.45, 7) is 0.777. The van der Waals surface area contributed by atoms with E-state index in [1.807, 2.05) is 24.3 Å². The minimum atomic E-state index is 0.628. The fourth-order valence-corrected chi connectivity index (χ4v) is 2.62. The predicted molar refractivity (Wildman–Crippen MR) is 83.3 cm³/mol. The Morgan fingerprint density at radius 2 is 2.20 bits per heavy atom. The molecule has 3 nitrogen and oxygen atoms in total. The summed E-state index contributed by atoms with van der Waals surface area (Å²) in [6, 6.07) is 10.0. The van der Waals surface area contributed by atoms with E-state index in [-0.39, 0.29) is 0 Å². The van der Waals surface area contributed by atoms with Gasteiger partial charge in [0.05, 0.1) is 4.47 Å². The summed E-state index contributed by atoms with van der Waals surface area (Å²) >= 11 is 9.38. The highest BCUT2D eigenvalue weighted by molar-refractivity contribution is 9.10. The second kappa shape index (κ2) is 6.12. The minimum absolute atomic E-state index is 0.628. The van der Waals surface area contributed by atoms with Crippen molar-refractivity contribution in [1.29, 1.82) is 0 Å². The summed E-state index contributed by atoms with van der Waals surface area (Å²) in [4.78, 5) is 4.32. The number of hydrogen-bond donors (Lipinski definition) is 1. The van der Waals surface area contributed by atoms with Gasteiger partial charge in [0.1, 0.15) is 5.75 Å². The van der Waals surface area contributed by atoms with Crippen molar-refractivity contribution in [2.75, 3.05) is 0 Å². The highest BCUT2D eigenvalue weighted by Gasteiger charge is 2.21. The van der Waals surface area contributed by atoms with Gasteiger partial charge in [-0.15, -0.1) is 0 Å². The molecule has 0 unspecified atom stereocenters. The Balaban J connectivity index is 1.78. The van der Waals surface area contributed by atoms with Gasteiger partial charge in [-0.25, -0.2) is 4.98 Å². The SMILES string of the molecule is Clc1ccc(Oc2ncccc2CNC2CC2)c(Br)c1.